The fourth-order valence-corrected chi connectivity index (χ4v) is 2.75. The predicted octanol–water partition coefficient (Wildman–Crippen LogP) is 4.61. The van der Waals surface area contributed by atoms with Crippen LogP contribution in [0.25, 0.3) is 5.57 Å². The molecule has 1 atom stereocenters. The molecule has 1 heterocycles. The van der Waals surface area contributed by atoms with E-state index < -0.39 is 17.7 Å². The van der Waals surface area contributed by atoms with E-state index in [0.29, 0.717) is 25.2 Å². The maximum absolute atomic E-state index is 12.6. The van der Waals surface area contributed by atoms with Crippen molar-refractivity contribution in [3.05, 3.63) is 47.8 Å². The molecule has 1 unspecified atom stereocenters. The number of carboxylic acids is 1. The van der Waals surface area contributed by atoms with E-state index in [2.05, 4.69) is 15.3 Å². The van der Waals surface area contributed by atoms with Gasteiger partial charge in [0.25, 0.3) is 0 Å². The Hall–Kier alpha value is -2.64. The topological polar surface area (TPSA) is 75.1 Å². The van der Waals surface area contributed by atoms with Crippen LogP contribution in [0.2, 0.25) is 0 Å². The molecule has 0 bridgehead atoms. The van der Waals surface area contributed by atoms with Crippen LogP contribution in [0.1, 0.15) is 38.3 Å². The van der Waals surface area contributed by atoms with Crippen molar-refractivity contribution in [2.24, 2.45) is 5.92 Å². The van der Waals surface area contributed by atoms with E-state index in [1.807, 2.05) is 13.0 Å². The summed E-state index contributed by atoms with van der Waals surface area (Å²) in [5.41, 5.74) is 1.10. The number of carbonyl (C=O) groups is 1. The maximum Gasteiger partial charge on any atom is 0.416 e. The predicted molar refractivity (Wildman–Crippen MR) is 97.0 cm³/mol. The Bertz CT molecular complexity index is 755. The van der Waals surface area contributed by atoms with Gasteiger partial charge >= 0.3 is 12.1 Å². The van der Waals surface area contributed by atoms with Gasteiger partial charge < -0.3 is 10.4 Å². The highest BCUT2D eigenvalue weighted by molar-refractivity contribution is 5.67. The van der Waals surface area contributed by atoms with Gasteiger partial charge in [0, 0.05) is 12.7 Å². The molecule has 0 spiro atoms. The number of aromatic nitrogens is 2. The van der Waals surface area contributed by atoms with E-state index in [1.165, 1.54) is 6.08 Å². The number of nitrogens with one attached hydrogen (secondary N) is 1. The summed E-state index contributed by atoms with van der Waals surface area (Å²) >= 11 is 0. The molecule has 1 aromatic heterocycles. The van der Waals surface area contributed by atoms with Crippen LogP contribution in [0.5, 0.6) is 0 Å². The maximum atomic E-state index is 12.6. The van der Waals surface area contributed by atoms with Crippen molar-refractivity contribution in [3.63, 3.8) is 0 Å². The van der Waals surface area contributed by atoms with Crippen LogP contribution < -0.4 is 5.32 Å². The van der Waals surface area contributed by atoms with Gasteiger partial charge in [-0.25, -0.2) is 9.97 Å². The first-order valence-corrected chi connectivity index (χ1v) is 8.69. The summed E-state index contributed by atoms with van der Waals surface area (Å²) in [6, 6.07) is 1.76. The molecule has 0 aliphatic heterocycles. The van der Waals surface area contributed by atoms with Crippen molar-refractivity contribution >= 4 is 17.5 Å². The molecule has 1 aliphatic rings. The van der Waals surface area contributed by atoms with Gasteiger partial charge in [-0.1, -0.05) is 24.3 Å². The summed E-state index contributed by atoms with van der Waals surface area (Å²) in [6.45, 7) is 2.11. The molecule has 1 aromatic rings. The van der Waals surface area contributed by atoms with Crippen LogP contribution in [-0.2, 0) is 4.79 Å². The third kappa shape index (κ3) is 6.54. The molecular formula is C19H22F3N3O2. The zero-order valence-electron chi connectivity index (χ0n) is 15.0. The van der Waals surface area contributed by atoms with E-state index in [4.69, 9.17) is 5.11 Å². The van der Waals surface area contributed by atoms with Crippen molar-refractivity contribution < 1.29 is 23.1 Å². The van der Waals surface area contributed by atoms with Gasteiger partial charge in [-0.3, -0.25) is 4.79 Å². The second-order valence-electron chi connectivity index (χ2n) is 6.20. The van der Waals surface area contributed by atoms with Gasteiger partial charge in [-0.05, 0) is 43.7 Å². The van der Waals surface area contributed by atoms with E-state index in [1.54, 1.807) is 18.3 Å². The minimum absolute atomic E-state index is 0.0362. The second-order valence-corrected chi connectivity index (χ2v) is 6.20. The Morgan fingerprint density at radius 1 is 1.41 bits per heavy atom. The van der Waals surface area contributed by atoms with Crippen molar-refractivity contribution in [1.29, 1.82) is 0 Å². The number of alkyl halides is 3. The van der Waals surface area contributed by atoms with Gasteiger partial charge in [-0.2, -0.15) is 13.2 Å². The van der Waals surface area contributed by atoms with Crippen LogP contribution in [0, 0.1) is 5.92 Å². The molecular weight excluding hydrogens is 359 g/mol. The van der Waals surface area contributed by atoms with E-state index in [9.17, 15) is 18.0 Å². The normalized spacial score (nSPS) is 17.6. The fourth-order valence-electron chi connectivity index (χ4n) is 2.75. The Balaban J connectivity index is 1.92. The quantitative estimate of drug-likeness (QED) is 0.688. The summed E-state index contributed by atoms with van der Waals surface area (Å²) in [5, 5.41) is 11.5. The summed E-state index contributed by atoms with van der Waals surface area (Å²) in [7, 11) is 0. The number of allylic oxidation sites excluding steroid dienone is 6. The molecule has 27 heavy (non-hydrogen) atoms. The molecule has 0 aromatic carbocycles. The molecule has 8 heteroatoms. The summed E-state index contributed by atoms with van der Waals surface area (Å²) < 4.78 is 37.9. The molecule has 2 rings (SSSR count). The lowest BCUT2D eigenvalue weighted by Crippen LogP contribution is -2.13. The minimum Gasteiger partial charge on any atom is -0.481 e. The summed E-state index contributed by atoms with van der Waals surface area (Å²) in [5.74, 6) is -0.500. The largest absolute Gasteiger partial charge is 0.481 e. The van der Waals surface area contributed by atoms with Crippen LogP contribution in [0.4, 0.5) is 19.1 Å². The zero-order valence-corrected chi connectivity index (χ0v) is 15.0. The molecule has 5 nitrogen and oxygen atoms in total. The lowest BCUT2D eigenvalue weighted by Gasteiger charge is -2.18. The number of rotatable bonds is 8. The highest BCUT2D eigenvalue weighted by Crippen LogP contribution is 2.33. The van der Waals surface area contributed by atoms with Gasteiger partial charge in [0.05, 0.1) is 17.7 Å². The molecule has 0 saturated heterocycles. The van der Waals surface area contributed by atoms with E-state index in [-0.39, 0.29) is 18.9 Å². The number of nitrogens with zero attached hydrogens (tertiary/aromatic N) is 2. The second kappa shape index (κ2) is 9.34. The van der Waals surface area contributed by atoms with Crippen molar-refractivity contribution in [2.45, 2.75) is 38.8 Å². The highest BCUT2D eigenvalue weighted by atomic mass is 19.4. The number of halogens is 3. The molecule has 1 aliphatic carbocycles. The average Bonchev–Trinajstić information content (AvgIpc) is 2.62. The van der Waals surface area contributed by atoms with E-state index >= 15 is 0 Å². The summed E-state index contributed by atoms with van der Waals surface area (Å²) in [6.07, 6.45) is 4.96. The van der Waals surface area contributed by atoms with Crippen molar-refractivity contribution in [1.82, 2.24) is 9.97 Å². The fraction of sp³-hybridized carbons (Fsp3) is 0.421. The third-order valence-electron chi connectivity index (χ3n) is 4.26. The zero-order chi connectivity index (χ0) is 19.9. The van der Waals surface area contributed by atoms with Gasteiger partial charge in [0.15, 0.2) is 0 Å². The van der Waals surface area contributed by atoms with Crippen LogP contribution >= 0.6 is 0 Å². The molecule has 0 radical (unpaired) electrons. The summed E-state index contributed by atoms with van der Waals surface area (Å²) in [4.78, 5) is 19.0. The first kappa shape index (κ1) is 20.7. The van der Waals surface area contributed by atoms with Gasteiger partial charge in [-0.15, -0.1) is 0 Å². The van der Waals surface area contributed by atoms with Gasteiger partial charge in [0.1, 0.15) is 0 Å². The Morgan fingerprint density at radius 3 is 2.78 bits per heavy atom. The smallest absolute Gasteiger partial charge is 0.416 e. The molecule has 0 saturated carbocycles. The van der Waals surface area contributed by atoms with Crippen molar-refractivity contribution in [3.8, 4) is 0 Å². The number of anilines is 1. The van der Waals surface area contributed by atoms with Crippen LogP contribution in [-0.4, -0.2) is 33.8 Å². The number of hydrogen-bond acceptors (Lipinski definition) is 4. The first-order valence-electron chi connectivity index (χ1n) is 8.69. The van der Waals surface area contributed by atoms with Crippen LogP contribution in [0.3, 0.4) is 0 Å². The first-order chi connectivity index (χ1) is 12.8. The molecule has 146 valence electrons. The van der Waals surface area contributed by atoms with E-state index in [0.717, 1.165) is 17.3 Å². The third-order valence-corrected chi connectivity index (χ3v) is 4.26. The SMILES string of the molecule is C/C=C(/CCC1C=CC(C(F)(F)F)=CC1)c1ccnc(NCCC(=O)O)n1. The monoisotopic (exact) mass is 381 g/mol. The number of hydrogen-bond donors (Lipinski definition) is 2. The number of aliphatic carboxylic acids is 1. The van der Waals surface area contributed by atoms with Crippen molar-refractivity contribution in [2.75, 3.05) is 11.9 Å². The van der Waals surface area contributed by atoms with Gasteiger partial charge in [0.2, 0.25) is 5.95 Å². The van der Waals surface area contributed by atoms with Crippen LogP contribution in [0.15, 0.2) is 42.1 Å². The molecule has 0 amide bonds. The standard InChI is InChI=1S/C19H22F3N3O2/c1-2-14(6-3-13-4-7-15(8-5-13)19(20,21)22)16-9-11-23-18(25-16)24-12-10-17(26)27/h2,4,7-9,11,13H,3,5-6,10,12H2,1H3,(H,26,27)(H,23,24,25)/b14-2-. The Labute approximate surface area is 155 Å². The average molecular weight is 381 g/mol. The highest BCUT2D eigenvalue weighted by Gasteiger charge is 2.32. The lowest BCUT2D eigenvalue weighted by molar-refractivity contribution is -0.136. The Kier molecular flexibility index (Phi) is 7.15. The lowest BCUT2D eigenvalue weighted by atomic mass is 9.90. The molecule has 2 N–H and O–H groups in total. The Morgan fingerprint density at radius 2 is 2.19 bits per heavy atom. The molecule has 0 fully saturated rings. The minimum atomic E-state index is -4.29. The number of carboxylic acid groups (broad SMARTS) is 1.